The fourth-order valence-electron chi connectivity index (χ4n) is 2.53. The van der Waals surface area contributed by atoms with Crippen LogP contribution < -0.4 is 10.8 Å². The number of aromatic nitrogens is 1. The van der Waals surface area contributed by atoms with Gasteiger partial charge in [0.15, 0.2) is 0 Å². The molecule has 2 heterocycles. The number of hydrogen-bond donors (Lipinski definition) is 1. The van der Waals surface area contributed by atoms with Crippen LogP contribution in [0.5, 0.6) is 0 Å². The third-order valence-corrected chi connectivity index (χ3v) is 3.82. The molecule has 0 saturated carbocycles. The SMILES string of the molecule is Cc1ccc(Cn2ccccc2=NC(=O)CN2CC(=O)NC2=O)cc1. The minimum absolute atomic E-state index is 0.113. The van der Waals surface area contributed by atoms with Crippen molar-refractivity contribution in [3.05, 3.63) is 65.3 Å². The zero-order valence-electron chi connectivity index (χ0n) is 13.8. The molecule has 1 saturated heterocycles. The molecule has 1 aromatic heterocycles. The number of rotatable bonds is 4. The number of urea groups is 1. The monoisotopic (exact) mass is 338 g/mol. The molecule has 0 radical (unpaired) electrons. The highest BCUT2D eigenvalue weighted by Gasteiger charge is 2.27. The average molecular weight is 338 g/mol. The van der Waals surface area contributed by atoms with E-state index in [0.717, 1.165) is 10.5 Å². The van der Waals surface area contributed by atoms with Crippen LogP contribution >= 0.6 is 0 Å². The summed E-state index contributed by atoms with van der Waals surface area (Å²) in [7, 11) is 0. The molecule has 7 heteroatoms. The second-order valence-corrected chi connectivity index (χ2v) is 5.89. The number of aryl methyl sites for hydroxylation is 1. The zero-order chi connectivity index (χ0) is 17.8. The summed E-state index contributed by atoms with van der Waals surface area (Å²) < 4.78 is 1.86. The maximum atomic E-state index is 12.2. The second kappa shape index (κ2) is 7.12. The van der Waals surface area contributed by atoms with Crippen molar-refractivity contribution in [1.82, 2.24) is 14.8 Å². The minimum atomic E-state index is -0.561. The molecule has 0 aliphatic carbocycles. The fourth-order valence-corrected chi connectivity index (χ4v) is 2.53. The first-order valence-electron chi connectivity index (χ1n) is 7.88. The number of carbonyl (C=O) groups excluding carboxylic acids is 3. The lowest BCUT2D eigenvalue weighted by Gasteiger charge is -2.10. The molecule has 25 heavy (non-hydrogen) atoms. The molecular weight excluding hydrogens is 320 g/mol. The van der Waals surface area contributed by atoms with Crippen molar-refractivity contribution >= 4 is 17.8 Å². The second-order valence-electron chi connectivity index (χ2n) is 5.89. The lowest BCUT2D eigenvalue weighted by molar-refractivity contribution is -0.119. The molecule has 1 N–H and O–H groups in total. The van der Waals surface area contributed by atoms with Crippen LogP contribution in [0.2, 0.25) is 0 Å². The van der Waals surface area contributed by atoms with Gasteiger partial charge >= 0.3 is 6.03 Å². The van der Waals surface area contributed by atoms with Gasteiger partial charge in [-0.05, 0) is 24.6 Å². The van der Waals surface area contributed by atoms with Crippen molar-refractivity contribution in [2.45, 2.75) is 13.5 Å². The normalized spacial score (nSPS) is 14.8. The van der Waals surface area contributed by atoms with Crippen LogP contribution in [0.25, 0.3) is 0 Å². The van der Waals surface area contributed by atoms with Crippen LogP contribution in [-0.2, 0) is 16.1 Å². The molecule has 0 unspecified atom stereocenters. The first kappa shape index (κ1) is 16.6. The van der Waals surface area contributed by atoms with Gasteiger partial charge in [0.1, 0.15) is 18.6 Å². The summed E-state index contributed by atoms with van der Waals surface area (Å²) in [4.78, 5) is 40.1. The Kier molecular flexibility index (Phi) is 4.74. The smallest absolute Gasteiger partial charge is 0.325 e. The summed E-state index contributed by atoms with van der Waals surface area (Å²) in [6.45, 7) is 2.27. The summed E-state index contributed by atoms with van der Waals surface area (Å²) in [5.74, 6) is -0.888. The van der Waals surface area contributed by atoms with Crippen LogP contribution in [0.4, 0.5) is 4.79 Å². The van der Waals surface area contributed by atoms with E-state index < -0.39 is 17.8 Å². The minimum Gasteiger partial charge on any atom is -0.328 e. The molecule has 1 aromatic carbocycles. The molecule has 1 aliphatic heterocycles. The van der Waals surface area contributed by atoms with E-state index in [0.29, 0.717) is 12.0 Å². The van der Waals surface area contributed by atoms with Gasteiger partial charge in [0.05, 0.1) is 0 Å². The molecule has 4 amide bonds. The highest BCUT2D eigenvalue weighted by Crippen LogP contribution is 2.04. The van der Waals surface area contributed by atoms with Gasteiger partial charge in [-0.15, -0.1) is 0 Å². The van der Waals surface area contributed by atoms with Crippen molar-refractivity contribution in [2.75, 3.05) is 13.1 Å². The molecular formula is C18H18N4O3. The van der Waals surface area contributed by atoms with Crippen molar-refractivity contribution in [3.63, 3.8) is 0 Å². The predicted octanol–water partition coefficient (Wildman–Crippen LogP) is 0.824. The Hall–Kier alpha value is -3.22. The largest absolute Gasteiger partial charge is 0.328 e. The number of imide groups is 1. The van der Waals surface area contributed by atoms with Crippen LogP contribution in [0.3, 0.4) is 0 Å². The standard InChI is InChI=1S/C18H18N4O3/c1-13-5-7-14(8-6-13)10-21-9-3-2-4-15(21)19-16(23)11-22-12-17(24)20-18(22)25/h2-9H,10-12H2,1H3,(H,20,24,25). The van der Waals surface area contributed by atoms with Gasteiger partial charge in [-0.3, -0.25) is 14.9 Å². The Morgan fingerprint density at radius 1 is 1.16 bits per heavy atom. The number of hydrogen-bond acceptors (Lipinski definition) is 3. The van der Waals surface area contributed by atoms with Crippen LogP contribution in [0.1, 0.15) is 11.1 Å². The van der Waals surface area contributed by atoms with E-state index in [1.165, 1.54) is 5.56 Å². The maximum absolute atomic E-state index is 12.2. The van der Waals surface area contributed by atoms with Crippen LogP contribution in [0, 0.1) is 6.92 Å². The Balaban J connectivity index is 1.78. The van der Waals surface area contributed by atoms with Crippen molar-refractivity contribution < 1.29 is 14.4 Å². The van der Waals surface area contributed by atoms with E-state index >= 15 is 0 Å². The van der Waals surface area contributed by atoms with E-state index in [4.69, 9.17) is 0 Å². The number of benzene rings is 1. The van der Waals surface area contributed by atoms with Gasteiger partial charge in [0.25, 0.3) is 5.91 Å². The molecule has 128 valence electrons. The molecule has 0 bridgehead atoms. The van der Waals surface area contributed by atoms with Crippen LogP contribution in [0.15, 0.2) is 53.7 Å². The Labute approximate surface area is 144 Å². The first-order valence-corrected chi connectivity index (χ1v) is 7.88. The highest BCUT2D eigenvalue weighted by molar-refractivity contribution is 6.03. The Morgan fingerprint density at radius 3 is 2.60 bits per heavy atom. The number of nitrogens with one attached hydrogen (secondary N) is 1. The number of nitrogens with zero attached hydrogens (tertiary/aromatic N) is 3. The summed E-state index contributed by atoms with van der Waals surface area (Å²) >= 11 is 0. The molecule has 1 aliphatic rings. The van der Waals surface area contributed by atoms with Crippen molar-refractivity contribution in [3.8, 4) is 0 Å². The van der Waals surface area contributed by atoms with E-state index in [9.17, 15) is 14.4 Å². The molecule has 0 atom stereocenters. The Morgan fingerprint density at radius 2 is 1.92 bits per heavy atom. The van der Waals surface area contributed by atoms with Gasteiger partial charge in [-0.25, -0.2) is 4.79 Å². The lowest BCUT2D eigenvalue weighted by atomic mass is 10.1. The van der Waals surface area contributed by atoms with Gasteiger partial charge in [-0.2, -0.15) is 4.99 Å². The number of amides is 4. The summed E-state index contributed by atoms with van der Waals surface area (Å²) in [6, 6.07) is 13.0. The third kappa shape index (κ3) is 4.20. The first-order chi connectivity index (χ1) is 12.0. The highest BCUT2D eigenvalue weighted by atomic mass is 16.2. The third-order valence-electron chi connectivity index (χ3n) is 3.82. The van der Waals surface area contributed by atoms with Gasteiger partial charge < -0.3 is 9.47 Å². The molecule has 1 fully saturated rings. The Bertz CT molecular complexity index is 884. The number of carbonyl (C=O) groups is 3. The van der Waals surface area contributed by atoms with E-state index in [2.05, 4.69) is 10.3 Å². The topological polar surface area (TPSA) is 83.8 Å². The number of pyridine rings is 1. The van der Waals surface area contributed by atoms with Crippen molar-refractivity contribution in [2.24, 2.45) is 4.99 Å². The molecule has 3 rings (SSSR count). The van der Waals surface area contributed by atoms with Gasteiger partial charge in [0.2, 0.25) is 5.91 Å². The summed E-state index contributed by atoms with van der Waals surface area (Å²) in [5, 5.41) is 2.13. The lowest BCUT2D eigenvalue weighted by Crippen LogP contribution is -2.33. The van der Waals surface area contributed by atoms with E-state index in [1.807, 2.05) is 48.0 Å². The molecule has 2 aromatic rings. The average Bonchev–Trinajstić information content (AvgIpc) is 2.88. The molecule has 7 nitrogen and oxygen atoms in total. The van der Waals surface area contributed by atoms with E-state index in [-0.39, 0.29) is 13.1 Å². The maximum Gasteiger partial charge on any atom is 0.325 e. The predicted molar refractivity (Wildman–Crippen MR) is 90.4 cm³/mol. The van der Waals surface area contributed by atoms with Crippen molar-refractivity contribution in [1.29, 1.82) is 0 Å². The van der Waals surface area contributed by atoms with E-state index in [1.54, 1.807) is 12.1 Å². The fraction of sp³-hybridized carbons (Fsp3) is 0.222. The van der Waals surface area contributed by atoms with Crippen LogP contribution in [-0.4, -0.2) is 40.4 Å². The van der Waals surface area contributed by atoms with Gasteiger partial charge in [0, 0.05) is 12.7 Å². The zero-order valence-corrected chi connectivity index (χ0v) is 13.8. The van der Waals surface area contributed by atoms with Gasteiger partial charge in [-0.1, -0.05) is 35.9 Å². The molecule has 0 spiro atoms. The summed E-state index contributed by atoms with van der Waals surface area (Å²) in [5.41, 5.74) is 2.77. The summed E-state index contributed by atoms with van der Waals surface area (Å²) in [6.07, 6.45) is 1.85. The quantitative estimate of drug-likeness (QED) is 0.838.